The molecule has 0 amide bonds. The molecule has 25 heavy (non-hydrogen) atoms. The van der Waals surface area contributed by atoms with Crippen molar-refractivity contribution in [3.8, 4) is 16.9 Å². The third kappa shape index (κ3) is 3.22. The quantitative estimate of drug-likeness (QED) is 0.840. The Morgan fingerprint density at radius 1 is 1.24 bits per heavy atom. The van der Waals surface area contributed by atoms with Gasteiger partial charge in [-0.1, -0.05) is 41.9 Å². The van der Waals surface area contributed by atoms with Crippen molar-refractivity contribution in [2.45, 2.75) is 12.0 Å². The number of halogens is 4. The van der Waals surface area contributed by atoms with Crippen molar-refractivity contribution in [3.63, 3.8) is 0 Å². The SMILES string of the molecule is O=C(O)C1=Cc2cc(Cl)c(-c3ccccc3)cc2OC1C(F)(F)CF. The van der Waals surface area contributed by atoms with Crippen LogP contribution in [0.25, 0.3) is 17.2 Å². The van der Waals surface area contributed by atoms with Crippen molar-refractivity contribution in [1.29, 1.82) is 0 Å². The number of carboxylic acid groups (broad SMARTS) is 1. The molecule has 1 aliphatic rings. The molecule has 2 aromatic carbocycles. The summed E-state index contributed by atoms with van der Waals surface area (Å²) >= 11 is 6.24. The van der Waals surface area contributed by atoms with Gasteiger partial charge in [0.05, 0.1) is 5.57 Å². The molecule has 1 N–H and O–H groups in total. The summed E-state index contributed by atoms with van der Waals surface area (Å²) in [6, 6.07) is 11.8. The third-order valence-electron chi connectivity index (χ3n) is 3.83. The lowest BCUT2D eigenvalue weighted by atomic mass is 9.95. The summed E-state index contributed by atoms with van der Waals surface area (Å²) in [4.78, 5) is 11.3. The largest absolute Gasteiger partial charge is 0.478 e. The maximum absolute atomic E-state index is 13.8. The van der Waals surface area contributed by atoms with E-state index in [0.29, 0.717) is 10.6 Å². The molecule has 1 unspecified atom stereocenters. The van der Waals surface area contributed by atoms with E-state index in [9.17, 15) is 18.0 Å². The Kier molecular flexibility index (Phi) is 4.47. The molecule has 0 saturated heterocycles. The van der Waals surface area contributed by atoms with E-state index in [1.165, 1.54) is 12.1 Å². The van der Waals surface area contributed by atoms with Gasteiger partial charge in [-0.3, -0.25) is 0 Å². The first kappa shape index (κ1) is 17.4. The summed E-state index contributed by atoms with van der Waals surface area (Å²) in [5, 5.41) is 9.47. The van der Waals surface area contributed by atoms with Crippen LogP contribution in [0.15, 0.2) is 48.0 Å². The fourth-order valence-electron chi connectivity index (χ4n) is 2.61. The molecule has 1 aliphatic heterocycles. The summed E-state index contributed by atoms with van der Waals surface area (Å²) in [7, 11) is 0. The topological polar surface area (TPSA) is 46.5 Å². The average molecular weight is 369 g/mol. The summed E-state index contributed by atoms with van der Waals surface area (Å²) < 4.78 is 45.5. The van der Waals surface area contributed by atoms with Crippen molar-refractivity contribution in [3.05, 3.63) is 58.6 Å². The molecule has 0 saturated carbocycles. The van der Waals surface area contributed by atoms with E-state index in [2.05, 4.69) is 0 Å². The highest BCUT2D eigenvalue weighted by Gasteiger charge is 2.48. The third-order valence-corrected chi connectivity index (χ3v) is 4.14. The minimum Gasteiger partial charge on any atom is -0.478 e. The van der Waals surface area contributed by atoms with Gasteiger partial charge in [-0.2, -0.15) is 8.78 Å². The van der Waals surface area contributed by atoms with E-state index in [0.717, 1.165) is 11.6 Å². The maximum atomic E-state index is 13.8. The Morgan fingerprint density at radius 3 is 2.52 bits per heavy atom. The lowest BCUT2D eigenvalue weighted by molar-refractivity contribution is -0.139. The van der Waals surface area contributed by atoms with Crippen LogP contribution < -0.4 is 4.74 Å². The normalized spacial score (nSPS) is 16.6. The number of aliphatic carboxylic acids is 1. The monoisotopic (exact) mass is 368 g/mol. The Hall–Kier alpha value is -2.47. The Morgan fingerprint density at radius 2 is 1.92 bits per heavy atom. The highest BCUT2D eigenvalue weighted by atomic mass is 35.5. The van der Waals surface area contributed by atoms with E-state index in [4.69, 9.17) is 21.4 Å². The minimum absolute atomic E-state index is 0.0198. The van der Waals surface area contributed by atoms with Gasteiger partial charge in [-0.25, -0.2) is 9.18 Å². The molecule has 0 aromatic heterocycles. The Balaban J connectivity index is 2.13. The minimum atomic E-state index is -3.96. The van der Waals surface area contributed by atoms with Gasteiger partial charge < -0.3 is 9.84 Å². The number of benzene rings is 2. The van der Waals surface area contributed by atoms with Gasteiger partial charge in [0.15, 0.2) is 12.8 Å². The van der Waals surface area contributed by atoms with Gasteiger partial charge >= 0.3 is 11.9 Å². The molecule has 130 valence electrons. The van der Waals surface area contributed by atoms with Gasteiger partial charge in [-0.05, 0) is 23.8 Å². The number of ether oxygens (including phenoxy) is 1. The van der Waals surface area contributed by atoms with Crippen LogP contribution in [0.4, 0.5) is 13.2 Å². The van der Waals surface area contributed by atoms with E-state index in [-0.39, 0.29) is 11.3 Å². The molecular weight excluding hydrogens is 357 g/mol. The number of carbonyl (C=O) groups is 1. The Bertz CT molecular complexity index is 850. The molecule has 7 heteroatoms. The summed E-state index contributed by atoms with van der Waals surface area (Å²) in [5.41, 5.74) is 0.794. The van der Waals surface area contributed by atoms with Crippen molar-refractivity contribution in [2.75, 3.05) is 6.67 Å². The molecule has 0 spiro atoms. The number of fused-ring (bicyclic) bond motifs is 1. The van der Waals surface area contributed by atoms with Crippen LogP contribution in [0.3, 0.4) is 0 Å². The number of rotatable bonds is 4. The number of carboxylic acids is 1. The van der Waals surface area contributed by atoms with Gasteiger partial charge in [0, 0.05) is 16.1 Å². The first-order chi connectivity index (χ1) is 11.8. The van der Waals surface area contributed by atoms with Gasteiger partial charge in [0.1, 0.15) is 5.75 Å². The van der Waals surface area contributed by atoms with Crippen LogP contribution in [0.1, 0.15) is 5.56 Å². The van der Waals surface area contributed by atoms with Gasteiger partial charge in [0.2, 0.25) is 0 Å². The summed E-state index contributed by atoms with van der Waals surface area (Å²) in [6.45, 7) is -2.03. The Labute approximate surface area is 146 Å². The molecule has 0 aliphatic carbocycles. The van der Waals surface area contributed by atoms with E-state index in [1.807, 2.05) is 6.07 Å². The second-order valence-corrected chi connectivity index (χ2v) is 5.94. The van der Waals surface area contributed by atoms with E-state index < -0.39 is 30.2 Å². The van der Waals surface area contributed by atoms with Crippen LogP contribution in [0, 0.1) is 0 Å². The molecule has 0 fully saturated rings. The molecule has 1 atom stereocenters. The van der Waals surface area contributed by atoms with E-state index in [1.54, 1.807) is 24.3 Å². The second kappa shape index (κ2) is 6.44. The van der Waals surface area contributed by atoms with Crippen LogP contribution in [0.2, 0.25) is 5.02 Å². The highest BCUT2D eigenvalue weighted by molar-refractivity contribution is 6.33. The number of hydrogen-bond donors (Lipinski definition) is 1. The van der Waals surface area contributed by atoms with E-state index >= 15 is 0 Å². The predicted molar refractivity (Wildman–Crippen MR) is 87.8 cm³/mol. The number of alkyl halides is 3. The van der Waals surface area contributed by atoms with Crippen molar-refractivity contribution < 1.29 is 27.8 Å². The fraction of sp³-hybridized carbons (Fsp3) is 0.167. The van der Waals surface area contributed by atoms with Crippen LogP contribution in [0.5, 0.6) is 5.75 Å². The van der Waals surface area contributed by atoms with Crippen LogP contribution >= 0.6 is 11.6 Å². The zero-order valence-corrected chi connectivity index (χ0v) is 13.4. The first-order valence-electron chi connectivity index (χ1n) is 7.28. The lowest BCUT2D eigenvalue weighted by Crippen LogP contribution is -2.44. The molecule has 3 rings (SSSR count). The molecular formula is C18H12ClF3O3. The molecule has 0 radical (unpaired) electrons. The van der Waals surface area contributed by atoms with Gasteiger partial charge in [0.25, 0.3) is 0 Å². The molecule has 3 nitrogen and oxygen atoms in total. The van der Waals surface area contributed by atoms with Crippen molar-refractivity contribution in [2.24, 2.45) is 0 Å². The smallest absolute Gasteiger partial charge is 0.335 e. The van der Waals surface area contributed by atoms with Crippen LogP contribution in [-0.2, 0) is 4.79 Å². The predicted octanol–water partition coefficient (Wildman–Crippen LogP) is 4.84. The second-order valence-electron chi connectivity index (χ2n) is 5.53. The summed E-state index contributed by atoms with van der Waals surface area (Å²) in [6.07, 6.45) is -1.18. The zero-order valence-electron chi connectivity index (χ0n) is 12.7. The highest BCUT2D eigenvalue weighted by Crippen LogP contribution is 2.41. The molecule has 2 aromatic rings. The van der Waals surface area contributed by atoms with Crippen molar-refractivity contribution in [1.82, 2.24) is 0 Å². The maximum Gasteiger partial charge on any atom is 0.335 e. The summed E-state index contributed by atoms with van der Waals surface area (Å²) in [5.74, 6) is -5.55. The van der Waals surface area contributed by atoms with Crippen molar-refractivity contribution >= 4 is 23.6 Å². The molecule has 0 bridgehead atoms. The fourth-order valence-corrected chi connectivity index (χ4v) is 2.90. The zero-order chi connectivity index (χ0) is 18.2. The number of hydrogen-bond acceptors (Lipinski definition) is 2. The lowest BCUT2D eigenvalue weighted by Gasteiger charge is -2.30. The average Bonchev–Trinajstić information content (AvgIpc) is 2.60. The standard InChI is InChI=1S/C18H12ClF3O3/c19-14-7-11-6-13(17(23)24)16(18(21,22)9-20)25-15(11)8-12(14)10-4-2-1-3-5-10/h1-8,16H,9H2,(H,23,24). The first-order valence-corrected chi connectivity index (χ1v) is 7.65. The van der Waals surface area contributed by atoms with Crippen LogP contribution in [-0.4, -0.2) is 29.8 Å². The molecule has 1 heterocycles. The van der Waals surface area contributed by atoms with Gasteiger partial charge in [-0.15, -0.1) is 0 Å².